The smallest absolute Gasteiger partial charge is 0.352 e. The molecule has 88 valence electrons. The second-order valence-electron chi connectivity index (χ2n) is 4.17. The number of hydrogen-bond donors (Lipinski definition) is 1. The Kier molecular flexibility index (Phi) is 3.62. The molecule has 2 rings (SSSR count). The lowest BCUT2D eigenvalue weighted by Crippen LogP contribution is -2.10. The Bertz CT molecular complexity index is 353. The first kappa shape index (κ1) is 11.2. The summed E-state index contributed by atoms with van der Waals surface area (Å²) < 4.78 is 7.31. The van der Waals surface area contributed by atoms with Crippen molar-refractivity contribution in [3.63, 3.8) is 0 Å². The van der Waals surface area contributed by atoms with Crippen molar-refractivity contribution in [2.45, 2.75) is 38.3 Å². The number of rotatable bonds is 5. The van der Waals surface area contributed by atoms with Crippen molar-refractivity contribution >= 4 is 5.97 Å². The number of nitrogens with zero attached hydrogens (tertiary/aromatic N) is 1. The van der Waals surface area contributed by atoms with E-state index in [1.54, 1.807) is 16.7 Å². The highest BCUT2D eigenvalue weighted by Gasteiger charge is 2.15. The van der Waals surface area contributed by atoms with E-state index in [2.05, 4.69) is 0 Å². The molecule has 0 spiro atoms. The monoisotopic (exact) mass is 223 g/mol. The number of carbonyl (C=O) groups is 1. The zero-order valence-corrected chi connectivity index (χ0v) is 9.26. The molecule has 0 bridgehead atoms. The van der Waals surface area contributed by atoms with E-state index in [-0.39, 0.29) is 0 Å². The van der Waals surface area contributed by atoms with Gasteiger partial charge in [-0.1, -0.05) is 0 Å². The van der Waals surface area contributed by atoms with Gasteiger partial charge in [-0.2, -0.15) is 0 Å². The van der Waals surface area contributed by atoms with Crippen LogP contribution in [0.5, 0.6) is 0 Å². The number of aromatic carboxylic acids is 1. The minimum Gasteiger partial charge on any atom is -0.477 e. The van der Waals surface area contributed by atoms with Crippen molar-refractivity contribution in [2.75, 3.05) is 6.61 Å². The molecule has 1 aromatic heterocycles. The summed E-state index contributed by atoms with van der Waals surface area (Å²) >= 11 is 0. The predicted molar refractivity (Wildman–Crippen MR) is 59.6 cm³/mol. The summed E-state index contributed by atoms with van der Waals surface area (Å²) in [6.45, 7) is 1.64. The van der Waals surface area contributed by atoms with E-state index in [9.17, 15) is 4.79 Å². The van der Waals surface area contributed by atoms with Crippen molar-refractivity contribution in [1.82, 2.24) is 4.57 Å². The first-order chi connectivity index (χ1) is 7.77. The van der Waals surface area contributed by atoms with Gasteiger partial charge in [-0.25, -0.2) is 4.79 Å². The standard InChI is InChI=1S/C12H17NO3/c14-12(15)11-6-2-8-13(11)7-1-4-10-5-3-9-16-10/h2,6,8,10H,1,3-5,7,9H2,(H,14,15). The van der Waals surface area contributed by atoms with Crippen LogP contribution in [0.4, 0.5) is 0 Å². The fourth-order valence-electron chi connectivity index (χ4n) is 2.16. The van der Waals surface area contributed by atoms with Crippen LogP contribution in [0.15, 0.2) is 18.3 Å². The number of aromatic nitrogens is 1. The Morgan fingerprint density at radius 1 is 1.62 bits per heavy atom. The van der Waals surface area contributed by atoms with Crippen LogP contribution in [0, 0.1) is 0 Å². The lowest BCUT2D eigenvalue weighted by molar-refractivity contribution is 0.0684. The molecule has 1 unspecified atom stereocenters. The zero-order chi connectivity index (χ0) is 11.4. The molecular formula is C12H17NO3. The third-order valence-corrected chi connectivity index (χ3v) is 3.00. The molecule has 0 amide bonds. The molecule has 0 saturated carbocycles. The molecule has 4 nitrogen and oxygen atoms in total. The van der Waals surface area contributed by atoms with Crippen molar-refractivity contribution in [2.24, 2.45) is 0 Å². The van der Waals surface area contributed by atoms with Gasteiger partial charge in [-0.3, -0.25) is 0 Å². The highest BCUT2D eigenvalue weighted by atomic mass is 16.5. The first-order valence-electron chi connectivity index (χ1n) is 5.77. The van der Waals surface area contributed by atoms with E-state index in [0.717, 1.165) is 38.8 Å². The minimum absolute atomic E-state index is 0.368. The Morgan fingerprint density at radius 2 is 2.50 bits per heavy atom. The summed E-state index contributed by atoms with van der Waals surface area (Å²) in [7, 11) is 0. The molecule has 1 fully saturated rings. The molecule has 2 heterocycles. The molecule has 1 aromatic rings. The highest BCUT2D eigenvalue weighted by molar-refractivity contribution is 5.85. The molecule has 16 heavy (non-hydrogen) atoms. The van der Waals surface area contributed by atoms with Crippen molar-refractivity contribution < 1.29 is 14.6 Å². The average Bonchev–Trinajstić information content (AvgIpc) is 2.87. The normalized spacial score (nSPS) is 20.1. The summed E-state index contributed by atoms with van der Waals surface area (Å²) in [5, 5.41) is 8.92. The van der Waals surface area contributed by atoms with E-state index < -0.39 is 5.97 Å². The van der Waals surface area contributed by atoms with Crippen LogP contribution >= 0.6 is 0 Å². The van der Waals surface area contributed by atoms with Gasteiger partial charge in [0.05, 0.1) is 6.10 Å². The van der Waals surface area contributed by atoms with E-state index in [1.165, 1.54) is 0 Å². The van der Waals surface area contributed by atoms with Gasteiger partial charge in [0.15, 0.2) is 0 Å². The molecular weight excluding hydrogens is 206 g/mol. The summed E-state index contributed by atoms with van der Waals surface area (Å²) in [6, 6.07) is 3.41. The van der Waals surface area contributed by atoms with Gasteiger partial charge in [-0.15, -0.1) is 0 Å². The third kappa shape index (κ3) is 2.64. The van der Waals surface area contributed by atoms with Gasteiger partial charge in [0.25, 0.3) is 0 Å². The molecule has 1 aliphatic heterocycles. The first-order valence-corrected chi connectivity index (χ1v) is 5.77. The maximum absolute atomic E-state index is 10.9. The SMILES string of the molecule is O=C(O)c1cccn1CCCC1CCCO1. The molecule has 4 heteroatoms. The van der Waals surface area contributed by atoms with Crippen molar-refractivity contribution in [3.8, 4) is 0 Å². The van der Waals surface area contributed by atoms with E-state index in [0.29, 0.717) is 11.8 Å². The molecule has 1 aliphatic rings. The molecule has 0 aliphatic carbocycles. The van der Waals surface area contributed by atoms with Crippen LogP contribution in [0.3, 0.4) is 0 Å². The summed E-state index contributed by atoms with van der Waals surface area (Å²) in [5.41, 5.74) is 0.368. The van der Waals surface area contributed by atoms with E-state index in [1.807, 2.05) is 6.20 Å². The lowest BCUT2D eigenvalue weighted by atomic mass is 10.1. The summed E-state index contributed by atoms with van der Waals surface area (Å²) in [4.78, 5) is 10.9. The van der Waals surface area contributed by atoms with Gasteiger partial charge in [-0.05, 0) is 37.8 Å². The number of carboxylic acid groups (broad SMARTS) is 1. The Morgan fingerprint density at radius 3 is 3.19 bits per heavy atom. The van der Waals surface area contributed by atoms with Crippen molar-refractivity contribution in [1.29, 1.82) is 0 Å². The predicted octanol–water partition coefficient (Wildman–Crippen LogP) is 2.15. The quantitative estimate of drug-likeness (QED) is 0.832. The number of aryl methyl sites for hydroxylation is 1. The van der Waals surface area contributed by atoms with Gasteiger partial charge in [0, 0.05) is 19.3 Å². The molecule has 1 N–H and O–H groups in total. The highest BCUT2D eigenvalue weighted by Crippen LogP contribution is 2.17. The largest absolute Gasteiger partial charge is 0.477 e. The van der Waals surface area contributed by atoms with Crippen LogP contribution in [-0.4, -0.2) is 28.4 Å². The fraction of sp³-hybridized carbons (Fsp3) is 0.583. The minimum atomic E-state index is -0.859. The fourth-order valence-corrected chi connectivity index (χ4v) is 2.16. The van der Waals surface area contributed by atoms with Crippen LogP contribution in [0.25, 0.3) is 0 Å². The topological polar surface area (TPSA) is 51.5 Å². The lowest BCUT2D eigenvalue weighted by Gasteiger charge is -2.10. The second-order valence-corrected chi connectivity index (χ2v) is 4.17. The van der Waals surface area contributed by atoms with Gasteiger partial charge in [0.2, 0.25) is 0 Å². The molecule has 0 aromatic carbocycles. The zero-order valence-electron chi connectivity index (χ0n) is 9.26. The van der Waals surface area contributed by atoms with E-state index >= 15 is 0 Å². The van der Waals surface area contributed by atoms with Crippen LogP contribution in [0.1, 0.15) is 36.2 Å². The third-order valence-electron chi connectivity index (χ3n) is 3.00. The summed E-state index contributed by atoms with van der Waals surface area (Å²) in [6.07, 6.45) is 6.52. The average molecular weight is 223 g/mol. The van der Waals surface area contributed by atoms with Gasteiger partial charge in [0.1, 0.15) is 5.69 Å². The second kappa shape index (κ2) is 5.16. The molecule has 1 atom stereocenters. The Labute approximate surface area is 94.8 Å². The van der Waals surface area contributed by atoms with E-state index in [4.69, 9.17) is 9.84 Å². The Balaban J connectivity index is 1.80. The maximum atomic E-state index is 10.9. The number of hydrogen-bond acceptors (Lipinski definition) is 2. The molecule has 0 radical (unpaired) electrons. The number of carboxylic acids is 1. The van der Waals surface area contributed by atoms with Crippen LogP contribution in [0.2, 0.25) is 0 Å². The Hall–Kier alpha value is -1.29. The van der Waals surface area contributed by atoms with Crippen LogP contribution in [-0.2, 0) is 11.3 Å². The van der Waals surface area contributed by atoms with Gasteiger partial charge >= 0.3 is 5.97 Å². The molecule has 1 saturated heterocycles. The maximum Gasteiger partial charge on any atom is 0.352 e. The number of ether oxygens (including phenoxy) is 1. The van der Waals surface area contributed by atoms with Gasteiger partial charge < -0.3 is 14.4 Å². The van der Waals surface area contributed by atoms with Crippen LogP contribution < -0.4 is 0 Å². The summed E-state index contributed by atoms with van der Waals surface area (Å²) in [5.74, 6) is -0.859. The van der Waals surface area contributed by atoms with Crippen molar-refractivity contribution in [3.05, 3.63) is 24.0 Å².